The molecular weight excluding hydrogens is 617 g/mol. The van der Waals surface area contributed by atoms with E-state index in [0.717, 1.165) is 20.1 Å². The lowest BCUT2D eigenvalue weighted by atomic mass is 10.2. The molecule has 32 heavy (non-hydrogen) atoms. The van der Waals surface area contributed by atoms with Crippen LogP contribution in [0.2, 0.25) is 10.0 Å². The smallest absolute Gasteiger partial charge is 0.270 e. The van der Waals surface area contributed by atoms with Gasteiger partial charge in [0.05, 0.1) is 19.5 Å². The zero-order valence-corrected chi connectivity index (χ0v) is 22.5. The fourth-order valence-electron chi connectivity index (χ4n) is 3.00. The number of carbonyl (C=O) groups is 1. The molecule has 0 saturated carbocycles. The topological polar surface area (TPSA) is 29.5 Å². The summed E-state index contributed by atoms with van der Waals surface area (Å²) in [4.78, 5) is 15.0. The molecule has 0 N–H and O–H groups in total. The van der Waals surface area contributed by atoms with Crippen LogP contribution in [0.5, 0.6) is 5.75 Å². The Kier molecular flexibility index (Phi) is 7.65. The number of anilines is 1. The molecule has 3 aromatic rings. The summed E-state index contributed by atoms with van der Waals surface area (Å²) in [6.45, 7) is 0.329. The number of thiocarbonyl (C=S) groups is 1. The van der Waals surface area contributed by atoms with E-state index in [4.69, 9.17) is 40.2 Å². The quantitative estimate of drug-likeness (QED) is 0.209. The SMILES string of the molecule is O=C1/C(=C\c2cc(Br)c(OCc3ccccc3Cl)c(Br)c2)SC(=S)N1c1ccc(Cl)cc1. The lowest BCUT2D eigenvalue weighted by Crippen LogP contribution is -2.27. The van der Waals surface area contributed by atoms with Crippen LogP contribution in [-0.4, -0.2) is 10.2 Å². The number of carbonyl (C=O) groups excluding carboxylic acids is 1. The molecule has 1 heterocycles. The van der Waals surface area contributed by atoms with E-state index in [9.17, 15) is 4.79 Å². The maximum atomic E-state index is 13.0. The molecule has 0 aromatic heterocycles. The number of benzene rings is 3. The summed E-state index contributed by atoms with van der Waals surface area (Å²) in [5, 5.41) is 1.25. The van der Waals surface area contributed by atoms with Crippen molar-refractivity contribution in [1.29, 1.82) is 0 Å². The highest BCUT2D eigenvalue weighted by Crippen LogP contribution is 2.39. The van der Waals surface area contributed by atoms with Gasteiger partial charge in [-0.3, -0.25) is 9.69 Å². The Morgan fingerprint density at radius 3 is 2.34 bits per heavy atom. The average Bonchev–Trinajstić information content (AvgIpc) is 3.02. The Labute approximate surface area is 222 Å². The van der Waals surface area contributed by atoms with Crippen LogP contribution in [0.4, 0.5) is 5.69 Å². The van der Waals surface area contributed by atoms with Gasteiger partial charge in [-0.25, -0.2) is 0 Å². The second-order valence-electron chi connectivity index (χ2n) is 6.69. The van der Waals surface area contributed by atoms with Crippen LogP contribution >= 0.6 is 79.0 Å². The predicted octanol–water partition coefficient (Wildman–Crippen LogP) is 8.50. The van der Waals surface area contributed by atoms with E-state index in [1.165, 1.54) is 16.7 Å². The van der Waals surface area contributed by atoms with Crippen LogP contribution < -0.4 is 9.64 Å². The average molecular weight is 630 g/mol. The van der Waals surface area contributed by atoms with Crippen LogP contribution in [0.3, 0.4) is 0 Å². The molecule has 4 rings (SSSR count). The van der Waals surface area contributed by atoms with E-state index in [0.29, 0.717) is 37.3 Å². The van der Waals surface area contributed by atoms with Crippen LogP contribution in [0.1, 0.15) is 11.1 Å². The third-order valence-corrected chi connectivity index (χ3v) is 7.63. The molecule has 0 aliphatic carbocycles. The minimum Gasteiger partial charge on any atom is -0.486 e. The first-order valence-electron chi connectivity index (χ1n) is 9.22. The molecular formula is C23H13Br2Cl2NO2S2. The molecule has 1 aliphatic rings. The van der Waals surface area contributed by atoms with Crippen LogP contribution in [0.25, 0.3) is 6.08 Å². The molecule has 0 spiro atoms. The third-order valence-electron chi connectivity index (χ3n) is 4.53. The monoisotopic (exact) mass is 627 g/mol. The van der Waals surface area contributed by atoms with Gasteiger partial charge < -0.3 is 4.74 Å². The van der Waals surface area contributed by atoms with E-state index in [2.05, 4.69) is 31.9 Å². The Bertz CT molecular complexity index is 1230. The van der Waals surface area contributed by atoms with Gasteiger partial charge in [0.25, 0.3) is 5.91 Å². The van der Waals surface area contributed by atoms with E-state index >= 15 is 0 Å². The lowest BCUT2D eigenvalue weighted by Gasteiger charge is -2.14. The molecule has 1 amide bonds. The predicted molar refractivity (Wildman–Crippen MR) is 145 cm³/mol. The van der Waals surface area contributed by atoms with Gasteiger partial charge in [-0.1, -0.05) is 65.4 Å². The van der Waals surface area contributed by atoms with Crippen LogP contribution in [-0.2, 0) is 11.4 Å². The highest BCUT2D eigenvalue weighted by atomic mass is 79.9. The van der Waals surface area contributed by atoms with E-state index in [1.54, 1.807) is 24.3 Å². The van der Waals surface area contributed by atoms with E-state index < -0.39 is 0 Å². The number of hydrogen-bond donors (Lipinski definition) is 0. The van der Waals surface area contributed by atoms with Crippen molar-refractivity contribution in [2.45, 2.75) is 6.61 Å². The number of halogens is 4. The molecule has 0 atom stereocenters. The van der Waals surface area contributed by atoms with Gasteiger partial charge >= 0.3 is 0 Å². The highest BCUT2D eigenvalue weighted by molar-refractivity contribution is 9.11. The fraction of sp³-hybridized carbons (Fsp3) is 0.0435. The summed E-state index contributed by atoms with van der Waals surface area (Å²) in [5.74, 6) is 0.476. The van der Waals surface area contributed by atoms with Gasteiger partial charge in [0.15, 0.2) is 4.32 Å². The normalized spacial score (nSPS) is 15.0. The van der Waals surface area contributed by atoms with E-state index in [1.807, 2.05) is 42.5 Å². The third kappa shape index (κ3) is 5.24. The zero-order valence-electron chi connectivity index (χ0n) is 16.2. The molecule has 1 aliphatic heterocycles. The summed E-state index contributed by atoms with van der Waals surface area (Å²) < 4.78 is 7.94. The van der Waals surface area contributed by atoms with Crippen molar-refractivity contribution in [3.63, 3.8) is 0 Å². The first-order chi connectivity index (χ1) is 15.3. The van der Waals surface area contributed by atoms with E-state index in [-0.39, 0.29) is 5.91 Å². The standard InChI is InChI=1S/C23H13Br2Cl2NO2S2/c24-17-9-13(10-18(25)21(17)30-12-14-3-1-2-4-19(14)27)11-20-22(29)28(23(31)32-20)16-7-5-15(26)6-8-16/h1-11H,12H2/b20-11+. The first kappa shape index (κ1) is 23.8. The molecule has 162 valence electrons. The van der Waals surface area contributed by atoms with Crippen molar-refractivity contribution in [2.75, 3.05) is 4.90 Å². The molecule has 3 aromatic carbocycles. The number of nitrogens with zero attached hydrogens (tertiary/aromatic N) is 1. The molecule has 0 bridgehead atoms. The molecule has 0 unspecified atom stereocenters. The van der Waals surface area contributed by atoms with Gasteiger partial charge in [0.1, 0.15) is 12.4 Å². The second-order valence-corrected chi connectivity index (χ2v) is 10.9. The van der Waals surface area contributed by atoms with Crippen molar-refractivity contribution in [1.82, 2.24) is 0 Å². The summed E-state index contributed by atoms with van der Waals surface area (Å²) in [5.41, 5.74) is 2.40. The Balaban J connectivity index is 1.55. The van der Waals surface area contributed by atoms with Crippen molar-refractivity contribution in [3.8, 4) is 5.75 Å². The molecule has 1 fully saturated rings. The summed E-state index contributed by atoms with van der Waals surface area (Å²) >= 11 is 26.0. The number of amides is 1. The van der Waals surface area contributed by atoms with Gasteiger partial charge in [0.2, 0.25) is 0 Å². The maximum Gasteiger partial charge on any atom is 0.270 e. The zero-order chi connectivity index (χ0) is 22.8. The summed E-state index contributed by atoms with van der Waals surface area (Å²) in [7, 11) is 0. The molecule has 9 heteroatoms. The van der Waals surface area contributed by atoms with Crippen LogP contribution in [0, 0.1) is 0 Å². The fourth-order valence-corrected chi connectivity index (χ4v) is 6.06. The minimum atomic E-state index is -0.173. The Morgan fingerprint density at radius 1 is 1.03 bits per heavy atom. The van der Waals surface area contributed by atoms with Crippen molar-refractivity contribution >= 4 is 101 Å². The van der Waals surface area contributed by atoms with Gasteiger partial charge in [-0.15, -0.1) is 0 Å². The number of thioether (sulfide) groups is 1. The summed E-state index contributed by atoms with van der Waals surface area (Å²) in [6.07, 6.45) is 1.81. The lowest BCUT2D eigenvalue weighted by molar-refractivity contribution is -0.113. The number of hydrogen-bond acceptors (Lipinski definition) is 4. The Hall–Kier alpha value is -1.35. The van der Waals surface area contributed by atoms with Crippen molar-refractivity contribution < 1.29 is 9.53 Å². The summed E-state index contributed by atoms with van der Waals surface area (Å²) in [6, 6.07) is 18.3. The van der Waals surface area contributed by atoms with Crippen molar-refractivity contribution in [2.24, 2.45) is 0 Å². The first-order valence-corrected chi connectivity index (χ1v) is 12.8. The minimum absolute atomic E-state index is 0.173. The molecule has 1 saturated heterocycles. The van der Waals surface area contributed by atoms with Crippen molar-refractivity contribution in [3.05, 3.63) is 95.7 Å². The highest BCUT2D eigenvalue weighted by Gasteiger charge is 2.33. The van der Waals surface area contributed by atoms with Gasteiger partial charge in [-0.05, 0) is 86.0 Å². The molecule has 0 radical (unpaired) electrons. The second kappa shape index (κ2) is 10.3. The maximum absolute atomic E-state index is 13.0. The van der Waals surface area contributed by atoms with Gasteiger partial charge in [0, 0.05) is 15.6 Å². The molecule has 3 nitrogen and oxygen atoms in total. The number of rotatable bonds is 5. The number of ether oxygens (including phenoxy) is 1. The van der Waals surface area contributed by atoms with Gasteiger partial charge in [-0.2, -0.15) is 0 Å². The largest absolute Gasteiger partial charge is 0.486 e. The van der Waals surface area contributed by atoms with Crippen LogP contribution in [0.15, 0.2) is 74.5 Å². The Morgan fingerprint density at radius 2 is 1.69 bits per heavy atom.